The van der Waals surface area contributed by atoms with E-state index >= 15 is 0 Å². The molecule has 2 unspecified atom stereocenters. The van der Waals surface area contributed by atoms with Gasteiger partial charge in [-0.15, -0.1) is 0 Å². The van der Waals surface area contributed by atoms with Crippen molar-refractivity contribution in [2.75, 3.05) is 0 Å². The summed E-state index contributed by atoms with van der Waals surface area (Å²) >= 11 is 0. The van der Waals surface area contributed by atoms with Crippen LogP contribution < -0.4 is 0 Å². The Morgan fingerprint density at radius 1 is 0.870 bits per heavy atom. The second-order valence-corrected chi connectivity index (χ2v) is 5.95. The number of hydrogen-bond acceptors (Lipinski definition) is 2. The van der Waals surface area contributed by atoms with Crippen molar-refractivity contribution in [1.82, 2.24) is 4.90 Å². The van der Waals surface area contributed by atoms with Crippen LogP contribution in [-0.2, 0) is 22.7 Å². The largest absolute Gasteiger partial charge is 0.481 e. The highest BCUT2D eigenvalue weighted by Gasteiger charge is 2.49. The van der Waals surface area contributed by atoms with E-state index in [9.17, 15) is 9.59 Å². The van der Waals surface area contributed by atoms with Gasteiger partial charge in [0, 0.05) is 13.1 Å². The van der Waals surface area contributed by atoms with Crippen LogP contribution in [0.2, 0.25) is 0 Å². The van der Waals surface area contributed by atoms with E-state index in [0.717, 1.165) is 11.1 Å². The average molecular weight is 309 g/mol. The molecule has 0 aliphatic heterocycles. The summed E-state index contributed by atoms with van der Waals surface area (Å²) in [7, 11) is 0. The minimum absolute atomic E-state index is 0.0647. The Morgan fingerprint density at radius 3 is 1.74 bits per heavy atom. The van der Waals surface area contributed by atoms with E-state index in [-0.39, 0.29) is 11.8 Å². The molecule has 0 aromatic heterocycles. The summed E-state index contributed by atoms with van der Waals surface area (Å²) in [6.07, 6.45) is 0.453. The van der Waals surface area contributed by atoms with Gasteiger partial charge in [0.2, 0.25) is 5.91 Å². The lowest BCUT2D eigenvalue weighted by molar-refractivity contribution is -0.142. The first-order valence-electron chi connectivity index (χ1n) is 7.74. The highest BCUT2D eigenvalue weighted by Crippen LogP contribution is 2.40. The van der Waals surface area contributed by atoms with E-state index in [1.54, 1.807) is 4.90 Å². The lowest BCUT2D eigenvalue weighted by Gasteiger charge is -2.23. The minimum atomic E-state index is -0.872. The highest BCUT2D eigenvalue weighted by molar-refractivity contribution is 5.89. The monoisotopic (exact) mass is 309 g/mol. The number of carbonyl (C=O) groups excluding carboxylic acids is 1. The maximum Gasteiger partial charge on any atom is 0.307 e. The molecule has 1 fully saturated rings. The fourth-order valence-electron chi connectivity index (χ4n) is 2.79. The van der Waals surface area contributed by atoms with Gasteiger partial charge in [0.05, 0.1) is 11.8 Å². The van der Waals surface area contributed by atoms with E-state index in [1.165, 1.54) is 0 Å². The molecule has 1 N–H and O–H groups in total. The molecule has 1 aliphatic carbocycles. The third-order valence-electron chi connectivity index (χ3n) is 4.17. The predicted octanol–water partition coefficient (Wildman–Crippen LogP) is 2.94. The quantitative estimate of drug-likeness (QED) is 0.892. The van der Waals surface area contributed by atoms with Crippen LogP contribution in [0.1, 0.15) is 17.5 Å². The van der Waals surface area contributed by atoms with Gasteiger partial charge >= 0.3 is 5.97 Å². The van der Waals surface area contributed by atoms with Gasteiger partial charge < -0.3 is 10.0 Å². The van der Waals surface area contributed by atoms with Gasteiger partial charge in [-0.25, -0.2) is 0 Å². The van der Waals surface area contributed by atoms with Crippen LogP contribution in [0.5, 0.6) is 0 Å². The molecular formula is C19H19NO3. The molecule has 118 valence electrons. The first kappa shape index (κ1) is 15.3. The third-order valence-corrected chi connectivity index (χ3v) is 4.17. The van der Waals surface area contributed by atoms with Crippen LogP contribution >= 0.6 is 0 Å². The molecule has 0 bridgehead atoms. The van der Waals surface area contributed by atoms with E-state index in [4.69, 9.17) is 5.11 Å². The molecular weight excluding hydrogens is 290 g/mol. The van der Waals surface area contributed by atoms with Crippen molar-refractivity contribution in [3.63, 3.8) is 0 Å². The third kappa shape index (κ3) is 3.77. The van der Waals surface area contributed by atoms with E-state index < -0.39 is 11.9 Å². The Labute approximate surface area is 135 Å². The molecule has 2 aromatic rings. The molecule has 2 aromatic carbocycles. The summed E-state index contributed by atoms with van der Waals surface area (Å²) in [6.45, 7) is 0.995. The Kier molecular flexibility index (Phi) is 4.42. The summed E-state index contributed by atoms with van der Waals surface area (Å²) in [5.74, 6) is -1.83. The van der Waals surface area contributed by atoms with Crippen molar-refractivity contribution in [2.24, 2.45) is 11.8 Å². The second-order valence-electron chi connectivity index (χ2n) is 5.95. The van der Waals surface area contributed by atoms with Crippen LogP contribution in [0.25, 0.3) is 0 Å². The lowest BCUT2D eigenvalue weighted by atomic mass is 10.1. The molecule has 23 heavy (non-hydrogen) atoms. The van der Waals surface area contributed by atoms with Crippen molar-refractivity contribution in [2.45, 2.75) is 19.5 Å². The number of aliphatic carboxylic acids is 1. The highest BCUT2D eigenvalue weighted by atomic mass is 16.4. The van der Waals surface area contributed by atoms with Gasteiger partial charge in [0.25, 0.3) is 0 Å². The summed E-state index contributed by atoms with van der Waals surface area (Å²) < 4.78 is 0. The zero-order valence-corrected chi connectivity index (χ0v) is 12.8. The summed E-state index contributed by atoms with van der Waals surface area (Å²) in [6, 6.07) is 19.6. The Balaban J connectivity index is 1.76. The van der Waals surface area contributed by atoms with Crippen LogP contribution in [0.4, 0.5) is 0 Å². The SMILES string of the molecule is O=C(O)C1CC1C(=O)N(Cc1ccccc1)Cc1ccccc1. The number of benzene rings is 2. The zero-order valence-electron chi connectivity index (χ0n) is 12.8. The Bertz CT molecular complexity index is 643. The second kappa shape index (κ2) is 6.65. The maximum atomic E-state index is 12.7. The summed E-state index contributed by atoms with van der Waals surface area (Å²) in [5, 5.41) is 9.06. The summed E-state index contributed by atoms with van der Waals surface area (Å²) in [4.78, 5) is 25.5. The van der Waals surface area contributed by atoms with Crippen LogP contribution in [0.15, 0.2) is 60.7 Å². The number of nitrogens with zero attached hydrogens (tertiary/aromatic N) is 1. The van der Waals surface area contributed by atoms with Crippen molar-refractivity contribution >= 4 is 11.9 Å². The number of hydrogen-bond donors (Lipinski definition) is 1. The molecule has 3 rings (SSSR count). The minimum Gasteiger partial charge on any atom is -0.481 e. The van der Waals surface area contributed by atoms with Gasteiger partial charge in [-0.1, -0.05) is 60.7 Å². The van der Waals surface area contributed by atoms with Gasteiger partial charge in [0.15, 0.2) is 0 Å². The van der Waals surface area contributed by atoms with E-state index in [2.05, 4.69) is 0 Å². The smallest absolute Gasteiger partial charge is 0.307 e. The fourth-order valence-corrected chi connectivity index (χ4v) is 2.79. The number of carbonyl (C=O) groups is 2. The van der Waals surface area contributed by atoms with Crippen molar-refractivity contribution in [3.05, 3.63) is 71.8 Å². The van der Waals surface area contributed by atoms with E-state index in [0.29, 0.717) is 19.5 Å². The molecule has 2 atom stereocenters. The van der Waals surface area contributed by atoms with Gasteiger partial charge in [-0.3, -0.25) is 9.59 Å². The summed E-state index contributed by atoms with van der Waals surface area (Å²) in [5.41, 5.74) is 2.09. The first-order chi connectivity index (χ1) is 11.1. The molecule has 0 saturated heterocycles. The molecule has 1 amide bonds. The van der Waals surface area contributed by atoms with Crippen LogP contribution in [0.3, 0.4) is 0 Å². The molecule has 4 heteroatoms. The molecule has 0 heterocycles. The lowest BCUT2D eigenvalue weighted by Crippen LogP contribution is -2.32. The van der Waals surface area contributed by atoms with Gasteiger partial charge in [-0.05, 0) is 17.5 Å². The normalized spacial score (nSPS) is 19.1. The molecule has 1 aliphatic rings. The maximum absolute atomic E-state index is 12.7. The van der Waals surface area contributed by atoms with E-state index in [1.807, 2.05) is 60.7 Å². The number of carboxylic acids is 1. The Morgan fingerprint density at radius 2 is 1.35 bits per heavy atom. The molecule has 4 nitrogen and oxygen atoms in total. The predicted molar refractivity (Wildman–Crippen MR) is 86.4 cm³/mol. The van der Waals surface area contributed by atoms with Crippen LogP contribution in [-0.4, -0.2) is 21.9 Å². The topological polar surface area (TPSA) is 57.6 Å². The zero-order chi connectivity index (χ0) is 16.2. The molecule has 0 radical (unpaired) electrons. The standard InChI is InChI=1S/C19H19NO3/c21-18(16-11-17(16)19(22)23)20(12-14-7-3-1-4-8-14)13-15-9-5-2-6-10-15/h1-10,16-17H,11-13H2,(H,22,23). The van der Waals surface area contributed by atoms with Crippen LogP contribution in [0, 0.1) is 11.8 Å². The van der Waals surface area contributed by atoms with Gasteiger partial charge in [-0.2, -0.15) is 0 Å². The molecule has 0 spiro atoms. The van der Waals surface area contributed by atoms with Crippen molar-refractivity contribution in [1.29, 1.82) is 0 Å². The average Bonchev–Trinajstić information content (AvgIpc) is 3.36. The van der Waals surface area contributed by atoms with Gasteiger partial charge in [0.1, 0.15) is 0 Å². The van der Waals surface area contributed by atoms with Crippen molar-refractivity contribution < 1.29 is 14.7 Å². The fraction of sp³-hybridized carbons (Fsp3) is 0.263. The first-order valence-corrected chi connectivity index (χ1v) is 7.74. The molecule has 1 saturated carbocycles. The number of rotatable bonds is 6. The number of carboxylic acid groups (broad SMARTS) is 1. The number of amides is 1. The van der Waals surface area contributed by atoms with Crippen molar-refractivity contribution in [3.8, 4) is 0 Å². The Hall–Kier alpha value is -2.62.